The number of nitrogens with zero attached hydrogens (tertiary/aromatic N) is 4. The molecule has 1 aromatic heterocycles. The summed E-state index contributed by atoms with van der Waals surface area (Å²) in [6, 6.07) is 0.465. The van der Waals surface area contributed by atoms with Crippen molar-refractivity contribution >= 4 is 0 Å². The highest BCUT2D eigenvalue weighted by Crippen LogP contribution is 2.48. The molecule has 0 aromatic carbocycles. The minimum Gasteiger partial charge on any atom is -0.374 e. The minimum absolute atomic E-state index is 0.124. The quantitative estimate of drug-likeness (QED) is 0.855. The van der Waals surface area contributed by atoms with Gasteiger partial charge in [-0.15, -0.1) is 5.10 Å². The highest BCUT2D eigenvalue weighted by atomic mass is 16.5. The van der Waals surface area contributed by atoms with Crippen molar-refractivity contribution in [2.24, 2.45) is 5.41 Å². The van der Waals surface area contributed by atoms with E-state index in [1.165, 1.54) is 12.1 Å². The van der Waals surface area contributed by atoms with Crippen molar-refractivity contribution in [3.63, 3.8) is 0 Å². The maximum atomic E-state index is 6.26. The summed E-state index contributed by atoms with van der Waals surface area (Å²) >= 11 is 0. The molecular weight excluding hydrogens is 314 g/mol. The first-order chi connectivity index (χ1) is 11.8. The van der Waals surface area contributed by atoms with E-state index in [4.69, 9.17) is 4.74 Å². The van der Waals surface area contributed by atoms with Crippen molar-refractivity contribution in [1.29, 1.82) is 0 Å². The molecule has 2 heterocycles. The zero-order chi connectivity index (χ0) is 18.1. The van der Waals surface area contributed by atoms with E-state index in [0.717, 1.165) is 57.6 Å². The third kappa shape index (κ3) is 4.23. The van der Waals surface area contributed by atoms with E-state index >= 15 is 0 Å². The molecule has 6 heteroatoms. The Balaban J connectivity index is 1.64. The maximum Gasteiger partial charge on any atom is 0.0841 e. The molecule has 6 nitrogen and oxygen atoms in total. The van der Waals surface area contributed by atoms with Crippen molar-refractivity contribution < 1.29 is 4.74 Å². The summed E-state index contributed by atoms with van der Waals surface area (Å²) in [7, 11) is 4.16. The van der Waals surface area contributed by atoms with Crippen LogP contribution in [0.25, 0.3) is 0 Å². The summed E-state index contributed by atoms with van der Waals surface area (Å²) < 4.78 is 8.47. The topological polar surface area (TPSA) is 55.2 Å². The Hall–Kier alpha value is -0.980. The molecule has 0 atom stereocenters. The standard InChI is InChI=1S/C19H35N5O/c1-15-17(12-23(5)11-10-20-4)24(22-21-15)16-6-8-19(9-7-16)13-18(2,3)14-25-19/h16,20H,6-14H2,1-5H3. The Labute approximate surface area is 152 Å². The van der Waals surface area contributed by atoms with Gasteiger partial charge in [-0.2, -0.15) is 0 Å². The molecule has 0 amide bonds. The van der Waals surface area contributed by atoms with Crippen molar-refractivity contribution in [3.05, 3.63) is 11.4 Å². The number of nitrogens with one attached hydrogen (secondary N) is 1. The van der Waals surface area contributed by atoms with E-state index in [-0.39, 0.29) is 5.60 Å². The van der Waals surface area contributed by atoms with Crippen molar-refractivity contribution in [2.45, 2.75) is 71.1 Å². The molecule has 25 heavy (non-hydrogen) atoms. The number of aromatic nitrogens is 3. The van der Waals surface area contributed by atoms with Gasteiger partial charge in [0.15, 0.2) is 0 Å². The zero-order valence-corrected chi connectivity index (χ0v) is 16.6. The third-order valence-corrected chi connectivity index (χ3v) is 5.93. The molecule has 1 aromatic rings. The molecule has 1 saturated heterocycles. The van der Waals surface area contributed by atoms with E-state index < -0.39 is 0 Å². The second kappa shape index (κ2) is 7.33. The molecule has 1 spiro atoms. The first-order valence-electron chi connectivity index (χ1n) is 9.72. The third-order valence-electron chi connectivity index (χ3n) is 5.93. The van der Waals surface area contributed by atoms with Gasteiger partial charge in [0.25, 0.3) is 0 Å². The molecule has 1 N–H and O–H groups in total. The Bertz CT molecular complexity index is 574. The molecule has 0 unspecified atom stereocenters. The van der Waals surface area contributed by atoms with E-state index in [1.807, 2.05) is 7.05 Å². The largest absolute Gasteiger partial charge is 0.374 e. The van der Waals surface area contributed by atoms with E-state index in [2.05, 4.69) is 53.0 Å². The summed E-state index contributed by atoms with van der Waals surface area (Å²) in [6.07, 6.45) is 5.78. The molecule has 142 valence electrons. The van der Waals surface area contributed by atoms with Gasteiger partial charge in [0.05, 0.1) is 29.6 Å². The van der Waals surface area contributed by atoms with Crippen LogP contribution in [-0.4, -0.2) is 59.3 Å². The van der Waals surface area contributed by atoms with Crippen LogP contribution in [0.3, 0.4) is 0 Å². The predicted molar refractivity (Wildman–Crippen MR) is 99.6 cm³/mol. The summed E-state index contributed by atoms with van der Waals surface area (Å²) in [6.45, 7) is 10.6. The highest BCUT2D eigenvalue weighted by Gasteiger charge is 2.46. The average Bonchev–Trinajstić information content (AvgIpc) is 3.07. The van der Waals surface area contributed by atoms with Crippen LogP contribution in [0.2, 0.25) is 0 Å². The van der Waals surface area contributed by atoms with Gasteiger partial charge in [0.2, 0.25) is 0 Å². The van der Waals surface area contributed by atoms with Gasteiger partial charge in [-0.3, -0.25) is 4.90 Å². The first kappa shape index (κ1) is 18.8. The highest BCUT2D eigenvalue weighted by molar-refractivity contribution is 5.10. The molecule has 1 saturated carbocycles. The van der Waals surface area contributed by atoms with Gasteiger partial charge in [-0.1, -0.05) is 19.1 Å². The second-order valence-electron chi connectivity index (χ2n) is 8.95. The van der Waals surface area contributed by atoms with Crippen LogP contribution in [0.15, 0.2) is 0 Å². The molecule has 2 fully saturated rings. The van der Waals surface area contributed by atoms with Gasteiger partial charge in [0, 0.05) is 19.6 Å². The lowest BCUT2D eigenvalue weighted by Crippen LogP contribution is -2.36. The summed E-state index contributed by atoms with van der Waals surface area (Å²) in [5, 5.41) is 12.1. The van der Waals surface area contributed by atoms with E-state index in [1.54, 1.807) is 0 Å². The zero-order valence-electron chi connectivity index (χ0n) is 16.6. The van der Waals surface area contributed by atoms with Gasteiger partial charge in [-0.05, 0) is 58.5 Å². The summed E-state index contributed by atoms with van der Waals surface area (Å²) in [4.78, 5) is 2.34. The fraction of sp³-hybridized carbons (Fsp3) is 0.895. The van der Waals surface area contributed by atoms with Crippen molar-refractivity contribution in [2.75, 3.05) is 33.8 Å². The molecule has 1 aliphatic heterocycles. The van der Waals surface area contributed by atoms with Crippen LogP contribution in [0.1, 0.15) is 63.4 Å². The van der Waals surface area contributed by atoms with Crippen LogP contribution >= 0.6 is 0 Å². The number of aryl methyl sites for hydroxylation is 1. The van der Waals surface area contributed by atoms with Gasteiger partial charge in [-0.25, -0.2) is 4.68 Å². The fourth-order valence-electron chi connectivity index (χ4n) is 4.53. The number of ether oxygens (including phenoxy) is 1. The first-order valence-corrected chi connectivity index (χ1v) is 9.72. The van der Waals surface area contributed by atoms with Crippen molar-refractivity contribution in [3.8, 4) is 0 Å². The molecule has 0 bridgehead atoms. The van der Waals surface area contributed by atoms with E-state index in [0.29, 0.717) is 11.5 Å². The Morgan fingerprint density at radius 3 is 2.64 bits per heavy atom. The smallest absolute Gasteiger partial charge is 0.0841 e. The Morgan fingerprint density at radius 2 is 2.04 bits per heavy atom. The van der Waals surface area contributed by atoms with Crippen LogP contribution in [0.5, 0.6) is 0 Å². The fourth-order valence-corrected chi connectivity index (χ4v) is 4.53. The lowest BCUT2D eigenvalue weighted by atomic mass is 9.75. The number of hydrogen-bond acceptors (Lipinski definition) is 5. The van der Waals surface area contributed by atoms with Crippen molar-refractivity contribution in [1.82, 2.24) is 25.2 Å². The average molecular weight is 350 g/mol. The number of likely N-dealkylation sites (N-methyl/N-ethyl adjacent to an activating group) is 2. The van der Waals surface area contributed by atoms with Crippen LogP contribution in [0, 0.1) is 12.3 Å². The molecule has 0 radical (unpaired) electrons. The van der Waals surface area contributed by atoms with Crippen LogP contribution in [-0.2, 0) is 11.3 Å². The number of hydrogen-bond donors (Lipinski definition) is 1. The Kier molecular flexibility index (Phi) is 5.51. The summed E-state index contributed by atoms with van der Waals surface area (Å²) in [5.41, 5.74) is 2.79. The predicted octanol–water partition coefficient (Wildman–Crippen LogP) is 2.54. The lowest BCUT2D eigenvalue weighted by molar-refractivity contribution is -0.0355. The lowest BCUT2D eigenvalue weighted by Gasteiger charge is -2.37. The molecule has 3 rings (SSSR count). The molecule has 1 aliphatic carbocycles. The molecule has 2 aliphatic rings. The van der Waals surface area contributed by atoms with Crippen LogP contribution in [0.4, 0.5) is 0 Å². The Morgan fingerprint density at radius 1 is 1.32 bits per heavy atom. The number of rotatable bonds is 6. The monoisotopic (exact) mass is 349 g/mol. The van der Waals surface area contributed by atoms with E-state index in [9.17, 15) is 0 Å². The maximum absolute atomic E-state index is 6.26. The van der Waals surface area contributed by atoms with Gasteiger partial charge < -0.3 is 10.1 Å². The second-order valence-corrected chi connectivity index (χ2v) is 8.95. The SMILES string of the molecule is CNCCN(C)Cc1c(C)nnn1C1CCC2(CC1)CC(C)(C)CO2. The normalized spacial score (nSPS) is 29.0. The van der Waals surface area contributed by atoms with Gasteiger partial charge >= 0.3 is 0 Å². The summed E-state index contributed by atoms with van der Waals surface area (Å²) in [5.74, 6) is 0. The molecular formula is C19H35N5O. The van der Waals surface area contributed by atoms with Gasteiger partial charge in [0.1, 0.15) is 0 Å². The van der Waals surface area contributed by atoms with Crippen LogP contribution < -0.4 is 5.32 Å². The minimum atomic E-state index is 0.124.